The van der Waals surface area contributed by atoms with Crippen molar-refractivity contribution >= 4 is 0 Å². The Kier molecular flexibility index (Phi) is 2.10. The van der Waals surface area contributed by atoms with E-state index in [1.165, 1.54) is 0 Å². The molecule has 1 N–H and O–H groups in total. The Hall–Kier alpha value is -1.22. The van der Waals surface area contributed by atoms with Gasteiger partial charge >= 0.3 is 0 Å². The second-order valence-corrected chi connectivity index (χ2v) is 3.34. The predicted octanol–water partition coefficient (Wildman–Crippen LogP) is 1.40. The topological polar surface area (TPSA) is 46.0 Å². The number of hydrogen-bond acceptors (Lipinski definition) is 3. The lowest BCUT2D eigenvalue weighted by atomic mass is 9.87. The third kappa shape index (κ3) is 1.60. The summed E-state index contributed by atoms with van der Waals surface area (Å²) in [6.07, 6.45) is 11.3. The molecule has 2 rings (SSSR count). The zero-order valence-electron chi connectivity index (χ0n) is 7.35. The molecule has 68 valence electrons. The zero-order chi connectivity index (χ0) is 9.15. The minimum Gasteiger partial charge on any atom is -0.383 e. The van der Waals surface area contributed by atoms with Crippen LogP contribution >= 0.6 is 0 Å². The Morgan fingerprint density at radius 3 is 2.85 bits per heavy atom. The van der Waals surface area contributed by atoms with Gasteiger partial charge in [-0.3, -0.25) is 9.97 Å². The van der Waals surface area contributed by atoms with E-state index in [1.807, 2.05) is 6.08 Å². The molecule has 0 amide bonds. The van der Waals surface area contributed by atoms with Crippen LogP contribution in [0.25, 0.3) is 0 Å². The van der Waals surface area contributed by atoms with Crippen molar-refractivity contribution in [1.82, 2.24) is 9.97 Å². The van der Waals surface area contributed by atoms with Gasteiger partial charge in [-0.1, -0.05) is 12.2 Å². The molecule has 0 aliphatic heterocycles. The van der Waals surface area contributed by atoms with Crippen molar-refractivity contribution in [2.24, 2.45) is 0 Å². The van der Waals surface area contributed by atoms with Gasteiger partial charge in [-0.05, 0) is 19.3 Å². The van der Waals surface area contributed by atoms with E-state index in [2.05, 4.69) is 16.0 Å². The first-order valence-corrected chi connectivity index (χ1v) is 4.45. The van der Waals surface area contributed by atoms with Gasteiger partial charge < -0.3 is 5.11 Å². The van der Waals surface area contributed by atoms with Crippen LogP contribution in [0.15, 0.2) is 30.7 Å². The smallest absolute Gasteiger partial charge is 0.112 e. The number of aromatic nitrogens is 2. The van der Waals surface area contributed by atoms with Gasteiger partial charge in [-0.25, -0.2) is 0 Å². The fourth-order valence-electron chi connectivity index (χ4n) is 1.59. The van der Waals surface area contributed by atoms with Gasteiger partial charge in [-0.2, -0.15) is 0 Å². The number of rotatable bonds is 1. The van der Waals surface area contributed by atoms with Crippen LogP contribution in [0.1, 0.15) is 25.0 Å². The van der Waals surface area contributed by atoms with Crippen molar-refractivity contribution in [2.75, 3.05) is 0 Å². The van der Waals surface area contributed by atoms with Gasteiger partial charge in [0.15, 0.2) is 0 Å². The van der Waals surface area contributed by atoms with E-state index in [0.717, 1.165) is 12.8 Å². The first-order chi connectivity index (χ1) is 6.31. The zero-order valence-corrected chi connectivity index (χ0v) is 7.35. The van der Waals surface area contributed by atoms with Crippen LogP contribution < -0.4 is 0 Å². The van der Waals surface area contributed by atoms with Gasteiger partial charge in [-0.15, -0.1) is 0 Å². The maximum absolute atomic E-state index is 10.2. The number of nitrogens with zero attached hydrogens (tertiary/aromatic N) is 2. The van der Waals surface area contributed by atoms with E-state index in [1.54, 1.807) is 18.6 Å². The standard InChI is InChI=1S/C10H12N2O/c13-10(4-2-1-3-5-10)9-8-11-6-7-12-9/h1-2,6-8,13H,3-5H2. The van der Waals surface area contributed by atoms with Gasteiger partial charge in [0.05, 0.1) is 11.9 Å². The Morgan fingerprint density at radius 2 is 2.23 bits per heavy atom. The maximum atomic E-state index is 10.2. The fourth-order valence-corrected chi connectivity index (χ4v) is 1.59. The molecule has 0 saturated carbocycles. The second-order valence-electron chi connectivity index (χ2n) is 3.34. The summed E-state index contributed by atoms with van der Waals surface area (Å²) < 4.78 is 0. The molecule has 0 radical (unpaired) electrons. The normalized spacial score (nSPS) is 27.5. The molecule has 1 heterocycles. The van der Waals surface area contributed by atoms with Gasteiger partial charge in [0.2, 0.25) is 0 Å². The molecular weight excluding hydrogens is 164 g/mol. The minimum absolute atomic E-state index is 0.645. The predicted molar refractivity (Wildman–Crippen MR) is 48.9 cm³/mol. The van der Waals surface area contributed by atoms with E-state index in [9.17, 15) is 5.11 Å². The average Bonchev–Trinajstić information content (AvgIpc) is 2.20. The Balaban J connectivity index is 2.29. The summed E-state index contributed by atoms with van der Waals surface area (Å²) in [5.74, 6) is 0. The first kappa shape index (κ1) is 8.38. The highest BCUT2D eigenvalue weighted by Gasteiger charge is 2.30. The molecule has 0 aromatic carbocycles. The quantitative estimate of drug-likeness (QED) is 0.658. The Bertz CT molecular complexity index is 310. The van der Waals surface area contributed by atoms with E-state index in [4.69, 9.17) is 0 Å². The lowest BCUT2D eigenvalue weighted by Crippen LogP contribution is -2.27. The average molecular weight is 176 g/mol. The van der Waals surface area contributed by atoms with Crippen LogP contribution in [-0.4, -0.2) is 15.1 Å². The van der Waals surface area contributed by atoms with Gasteiger partial charge in [0.1, 0.15) is 5.60 Å². The molecule has 1 aromatic rings. The summed E-state index contributed by atoms with van der Waals surface area (Å²) in [5.41, 5.74) is -0.109. The number of hydrogen-bond donors (Lipinski definition) is 1. The lowest BCUT2D eigenvalue weighted by Gasteiger charge is -2.27. The molecule has 1 atom stereocenters. The molecule has 3 nitrogen and oxygen atoms in total. The summed E-state index contributed by atoms with van der Waals surface area (Å²) in [6, 6.07) is 0. The van der Waals surface area contributed by atoms with E-state index >= 15 is 0 Å². The third-order valence-electron chi connectivity index (χ3n) is 2.39. The summed E-state index contributed by atoms with van der Waals surface area (Å²) in [6.45, 7) is 0. The minimum atomic E-state index is -0.789. The third-order valence-corrected chi connectivity index (χ3v) is 2.39. The van der Waals surface area contributed by atoms with Crippen molar-refractivity contribution in [1.29, 1.82) is 0 Å². The van der Waals surface area contributed by atoms with Crippen LogP contribution in [0.4, 0.5) is 0 Å². The Labute approximate surface area is 77.2 Å². The van der Waals surface area contributed by atoms with Crippen molar-refractivity contribution in [3.8, 4) is 0 Å². The summed E-state index contributed by atoms with van der Waals surface area (Å²) in [7, 11) is 0. The van der Waals surface area contributed by atoms with Crippen molar-refractivity contribution in [2.45, 2.75) is 24.9 Å². The summed E-state index contributed by atoms with van der Waals surface area (Å²) in [5, 5.41) is 10.2. The van der Waals surface area contributed by atoms with Crippen molar-refractivity contribution < 1.29 is 5.11 Å². The molecular formula is C10H12N2O. The van der Waals surface area contributed by atoms with Crippen LogP contribution in [0, 0.1) is 0 Å². The lowest BCUT2D eigenvalue weighted by molar-refractivity contribution is 0.0227. The fraction of sp³-hybridized carbons (Fsp3) is 0.400. The van der Waals surface area contributed by atoms with Crippen LogP contribution in [0.5, 0.6) is 0 Å². The highest BCUT2D eigenvalue weighted by molar-refractivity contribution is 5.13. The molecule has 3 heteroatoms. The van der Waals surface area contributed by atoms with Crippen molar-refractivity contribution in [3.63, 3.8) is 0 Å². The molecule has 1 aliphatic carbocycles. The molecule has 1 unspecified atom stereocenters. The molecule has 0 fully saturated rings. The summed E-state index contributed by atoms with van der Waals surface area (Å²) >= 11 is 0. The molecule has 1 aliphatic rings. The largest absolute Gasteiger partial charge is 0.383 e. The maximum Gasteiger partial charge on any atom is 0.112 e. The van der Waals surface area contributed by atoms with Gasteiger partial charge in [0.25, 0.3) is 0 Å². The van der Waals surface area contributed by atoms with E-state index in [0.29, 0.717) is 12.1 Å². The number of allylic oxidation sites excluding steroid dienone is 1. The van der Waals surface area contributed by atoms with E-state index in [-0.39, 0.29) is 0 Å². The molecule has 0 bridgehead atoms. The highest BCUT2D eigenvalue weighted by atomic mass is 16.3. The van der Waals surface area contributed by atoms with Crippen LogP contribution in [0.3, 0.4) is 0 Å². The van der Waals surface area contributed by atoms with Gasteiger partial charge in [0, 0.05) is 12.4 Å². The molecule has 13 heavy (non-hydrogen) atoms. The highest BCUT2D eigenvalue weighted by Crippen LogP contribution is 2.31. The molecule has 1 aromatic heterocycles. The second kappa shape index (κ2) is 3.26. The molecule has 0 spiro atoms. The SMILES string of the molecule is OC1(c2cnccn2)CC=CCC1. The monoisotopic (exact) mass is 176 g/mol. The molecule has 0 saturated heterocycles. The first-order valence-electron chi connectivity index (χ1n) is 4.45. The number of aliphatic hydroxyl groups is 1. The Morgan fingerprint density at radius 1 is 1.31 bits per heavy atom. The van der Waals surface area contributed by atoms with Crippen LogP contribution in [0.2, 0.25) is 0 Å². The van der Waals surface area contributed by atoms with E-state index < -0.39 is 5.60 Å². The summed E-state index contributed by atoms with van der Waals surface area (Å²) in [4.78, 5) is 8.09. The van der Waals surface area contributed by atoms with Crippen molar-refractivity contribution in [3.05, 3.63) is 36.4 Å². The van der Waals surface area contributed by atoms with Crippen LogP contribution in [-0.2, 0) is 5.60 Å².